The van der Waals surface area contributed by atoms with Crippen molar-refractivity contribution in [2.45, 2.75) is 17.9 Å². The third-order valence-corrected chi connectivity index (χ3v) is 5.62. The van der Waals surface area contributed by atoms with Gasteiger partial charge in [0.05, 0.1) is 14.2 Å². The van der Waals surface area contributed by atoms with E-state index in [0.717, 1.165) is 5.56 Å². The third kappa shape index (κ3) is 3.71. The van der Waals surface area contributed by atoms with Crippen LogP contribution in [0, 0.1) is 0 Å². The van der Waals surface area contributed by atoms with Crippen LogP contribution >= 0.6 is 0 Å². The van der Waals surface area contributed by atoms with Gasteiger partial charge in [0.2, 0.25) is 10.0 Å². The van der Waals surface area contributed by atoms with Crippen molar-refractivity contribution in [2.75, 3.05) is 27.4 Å². The van der Waals surface area contributed by atoms with Gasteiger partial charge in [-0.05, 0) is 36.8 Å². The van der Waals surface area contributed by atoms with Crippen molar-refractivity contribution >= 4 is 10.0 Å². The predicted octanol–water partition coefficient (Wildman–Crippen LogP) is 2.51. The molecule has 1 N–H and O–H groups in total. The van der Waals surface area contributed by atoms with Crippen LogP contribution in [0.1, 0.15) is 18.5 Å². The Morgan fingerprint density at radius 1 is 1.00 bits per heavy atom. The number of hydrogen-bond acceptors (Lipinski definition) is 6. The number of methoxy groups -OCH3 is 2. The Morgan fingerprint density at radius 2 is 1.73 bits per heavy atom. The summed E-state index contributed by atoms with van der Waals surface area (Å²) in [5, 5.41) is 0. The van der Waals surface area contributed by atoms with Crippen molar-refractivity contribution in [1.82, 2.24) is 4.72 Å². The maximum atomic E-state index is 12.8. The van der Waals surface area contributed by atoms with Gasteiger partial charge in [-0.25, -0.2) is 13.1 Å². The molecule has 2 aromatic carbocycles. The van der Waals surface area contributed by atoms with E-state index >= 15 is 0 Å². The molecule has 7 nitrogen and oxygen atoms in total. The van der Waals surface area contributed by atoms with Gasteiger partial charge in [-0.3, -0.25) is 0 Å². The van der Waals surface area contributed by atoms with E-state index in [4.69, 9.17) is 18.9 Å². The molecule has 0 amide bonds. The van der Waals surface area contributed by atoms with Crippen LogP contribution < -0.4 is 23.7 Å². The van der Waals surface area contributed by atoms with Crippen LogP contribution in [0.2, 0.25) is 0 Å². The van der Waals surface area contributed by atoms with Gasteiger partial charge in [-0.15, -0.1) is 0 Å². The zero-order chi connectivity index (χ0) is 18.7. The molecule has 1 atom stereocenters. The predicted molar refractivity (Wildman–Crippen MR) is 95.7 cm³/mol. The van der Waals surface area contributed by atoms with Gasteiger partial charge in [0, 0.05) is 12.1 Å². The first-order valence-corrected chi connectivity index (χ1v) is 9.57. The summed E-state index contributed by atoms with van der Waals surface area (Å²) in [6.07, 6.45) is 0. The summed E-state index contributed by atoms with van der Waals surface area (Å²) in [4.78, 5) is 0.0174. The van der Waals surface area contributed by atoms with E-state index in [1.165, 1.54) is 20.3 Å². The minimum Gasteiger partial charge on any atom is -0.497 e. The summed E-state index contributed by atoms with van der Waals surface area (Å²) < 4.78 is 49.7. The Balaban J connectivity index is 1.87. The molecule has 2 aromatic rings. The minimum absolute atomic E-state index is 0.0174. The molecule has 0 bridgehead atoms. The van der Waals surface area contributed by atoms with E-state index in [0.29, 0.717) is 30.5 Å². The number of fused-ring (bicyclic) bond motifs is 1. The van der Waals surface area contributed by atoms with Crippen LogP contribution in [0.15, 0.2) is 41.3 Å². The lowest BCUT2D eigenvalue weighted by molar-refractivity contribution is 0.171. The lowest BCUT2D eigenvalue weighted by Crippen LogP contribution is -2.27. The molecular weight excluding hydrogens is 358 g/mol. The second-order valence-corrected chi connectivity index (χ2v) is 7.45. The highest BCUT2D eigenvalue weighted by Crippen LogP contribution is 2.34. The van der Waals surface area contributed by atoms with Gasteiger partial charge in [0.25, 0.3) is 0 Å². The van der Waals surface area contributed by atoms with Crippen molar-refractivity contribution in [1.29, 1.82) is 0 Å². The van der Waals surface area contributed by atoms with Crippen LogP contribution in [0.5, 0.6) is 23.0 Å². The molecule has 0 spiro atoms. The van der Waals surface area contributed by atoms with Crippen LogP contribution in [0.3, 0.4) is 0 Å². The highest BCUT2D eigenvalue weighted by atomic mass is 32.2. The summed E-state index contributed by atoms with van der Waals surface area (Å²) >= 11 is 0. The molecule has 0 saturated carbocycles. The van der Waals surface area contributed by atoms with Crippen LogP contribution in [0.25, 0.3) is 0 Å². The molecule has 0 fully saturated rings. The first-order valence-electron chi connectivity index (χ1n) is 8.08. The molecule has 0 radical (unpaired) electrons. The first-order chi connectivity index (χ1) is 12.4. The summed E-state index contributed by atoms with van der Waals surface area (Å²) in [5.41, 5.74) is 0.764. The second kappa shape index (κ2) is 7.43. The maximum absolute atomic E-state index is 12.8. The number of hydrogen-bond donors (Lipinski definition) is 1. The summed E-state index contributed by atoms with van der Waals surface area (Å²) in [7, 11) is -0.934. The van der Waals surface area contributed by atoms with Crippen LogP contribution in [-0.4, -0.2) is 35.9 Å². The smallest absolute Gasteiger partial charge is 0.244 e. The Morgan fingerprint density at radius 3 is 2.42 bits per heavy atom. The molecule has 1 aliphatic heterocycles. The van der Waals surface area contributed by atoms with Crippen molar-refractivity contribution < 1.29 is 27.4 Å². The van der Waals surface area contributed by atoms with Crippen molar-refractivity contribution in [2.24, 2.45) is 0 Å². The monoisotopic (exact) mass is 379 g/mol. The van der Waals surface area contributed by atoms with Crippen molar-refractivity contribution in [3.05, 3.63) is 42.0 Å². The molecule has 0 aromatic heterocycles. The molecule has 0 saturated heterocycles. The molecule has 140 valence electrons. The Hall–Kier alpha value is -2.45. The van der Waals surface area contributed by atoms with Gasteiger partial charge in [-0.1, -0.05) is 6.07 Å². The summed E-state index contributed by atoms with van der Waals surface area (Å²) in [6.45, 7) is 2.73. The Labute approximate surface area is 152 Å². The lowest BCUT2D eigenvalue weighted by atomic mass is 10.1. The van der Waals surface area contributed by atoms with E-state index in [1.807, 2.05) is 6.07 Å². The summed E-state index contributed by atoms with van der Waals surface area (Å²) in [5.74, 6) is 1.94. The number of nitrogens with one attached hydrogen (secondary N) is 1. The third-order valence-electron chi connectivity index (χ3n) is 4.06. The largest absolute Gasteiger partial charge is 0.497 e. The lowest BCUT2D eigenvalue weighted by Gasteiger charge is -2.21. The molecule has 26 heavy (non-hydrogen) atoms. The van der Waals surface area contributed by atoms with Gasteiger partial charge in [0.1, 0.15) is 29.6 Å². The zero-order valence-corrected chi connectivity index (χ0v) is 15.6. The van der Waals surface area contributed by atoms with E-state index in [1.54, 1.807) is 31.2 Å². The van der Waals surface area contributed by atoms with Crippen molar-refractivity contribution in [3.8, 4) is 23.0 Å². The normalized spacial score (nSPS) is 14.6. The fourth-order valence-electron chi connectivity index (χ4n) is 2.69. The number of sulfonamides is 1. The molecular formula is C18H21NO6S. The zero-order valence-electron chi connectivity index (χ0n) is 14.8. The molecule has 1 aliphatic rings. The molecule has 0 unspecified atom stereocenters. The number of rotatable bonds is 6. The fourth-order valence-corrected chi connectivity index (χ4v) is 4.10. The highest BCUT2D eigenvalue weighted by Gasteiger charge is 2.24. The van der Waals surface area contributed by atoms with E-state index in [9.17, 15) is 8.42 Å². The molecule has 0 aliphatic carbocycles. The van der Waals surface area contributed by atoms with E-state index < -0.39 is 16.1 Å². The van der Waals surface area contributed by atoms with Gasteiger partial charge in [0.15, 0.2) is 11.5 Å². The topological polar surface area (TPSA) is 83.1 Å². The molecule has 3 rings (SSSR count). The second-order valence-electron chi connectivity index (χ2n) is 5.76. The van der Waals surface area contributed by atoms with Gasteiger partial charge < -0.3 is 18.9 Å². The van der Waals surface area contributed by atoms with Crippen LogP contribution in [-0.2, 0) is 10.0 Å². The Bertz CT molecular complexity index is 897. The maximum Gasteiger partial charge on any atom is 0.244 e. The average molecular weight is 379 g/mol. The quantitative estimate of drug-likeness (QED) is 0.830. The van der Waals surface area contributed by atoms with Gasteiger partial charge in [-0.2, -0.15) is 0 Å². The van der Waals surface area contributed by atoms with Crippen LogP contribution in [0.4, 0.5) is 0 Å². The summed E-state index contributed by atoms with van der Waals surface area (Å²) in [6, 6.07) is 9.52. The Kier molecular flexibility index (Phi) is 5.24. The SMILES string of the molecule is COc1ccc(OC)c(S(=O)(=O)N[C@@H](C)c2ccc3c(c2)OCCO3)c1. The van der Waals surface area contributed by atoms with Crippen molar-refractivity contribution in [3.63, 3.8) is 0 Å². The first kappa shape index (κ1) is 18.3. The molecule has 1 heterocycles. The van der Waals surface area contributed by atoms with Gasteiger partial charge >= 0.3 is 0 Å². The fraction of sp³-hybridized carbons (Fsp3) is 0.333. The molecule has 8 heteroatoms. The van der Waals surface area contributed by atoms with E-state index in [-0.39, 0.29) is 10.6 Å². The number of ether oxygens (including phenoxy) is 4. The average Bonchev–Trinajstić information content (AvgIpc) is 2.66. The number of benzene rings is 2. The highest BCUT2D eigenvalue weighted by molar-refractivity contribution is 7.89. The minimum atomic E-state index is -3.83. The standard InChI is InChI=1S/C18H21NO6S/c1-12(13-4-6-15-17(10-13)25-9-8-24-15)19-26(20,21)18-11-14(22-2)5-7-16(18)23-3/h4-7,10-12,19H,8-9H2,1-3H3/t12-/m0/s1. The van der Waals surface area contributed by atoms with E-state index in [2.05, 4.69) is 4.72 Å².